The molecule has 0 spiro atoms. The number of nitrogens with zero attached hydrogens (tertiary/aromatic N) is 1. The number of H-pyrrole nitrogens is 1. The van der Waals surface area contributed by atoms with E-state index in [9.17, 15) is 8.78 Å². The van der Waals surface area contributed by atoms with Crippen molar-refractivity contribution in [1.82, 2.24) is 9.55 Å². The number of benzene rings is 1. The van der Waals surface area contributed by atoms with Crippen molar-refractivity contribution in [3.8, 4) is 0 Å². The molecule has 1 atom stereocenters. The van der Waals surface area contributed by atoms with Crippen molar-refractivity contribution in [2.45, 2.75) is 19.4 Å². The van der Waals surface area contributed by atoms with Gasteiger partial charge in [0.1, 0.15) is 11.3 Å². The summed E-state index contributed by atoms with van der Waals surface area (Å²) in [7, 11) is 0. The smallest absolute Gasteiger partial charge is 0.178 e. The number of imidazole rings is 1. The summed E-state index contributed by atoms with van der Waals surface area (Å²) >= 11 is 6.91. The average Bonchev–Trinajstić information content (AvgIpc) is 2.96. The quantitative estimate of drug-likeness (QED) is 0.686. The van der Waals surface area contributed by atoms with Crippen molar-refractivity contribution in [2.75, 3.05) is 0 Å². The molecule has 0 bridgehead atoms. The third-order valence-corrected chi connectivity index (χ3v) is 4.46. The predicted molar refractivity (Wildman–Crippen MR) is 79.8 cm³/mol. The maximum Gasteiger partial charge on any atom is 0.178 e. The second-order valence-corrected chi connectivity index (χ2v) is 6.13. The van der Waals surface area contributed by atoms with Crippen LogP contribution in [-0.2, 0) is 6.42 Å². The number of nitrogens with one attached hydrogen (secondary N) is 1. The maximum atomic E-state index is 13.8. The van der Waals surface area contributed by atoms with Crippen molar-refractivity contribution in [3.63, 3.8) is 0 Å². The molecule has 3 rings (SSSR count). The molecule has 1 unspecified atom stereocenters. The molecule has 1 N–H and O–H groups in total. The SMILES string of the molecule is CC(Cc1cccs1)n1c(=S)[nH]c2c(F)cc(F)cc21. The van der Waals surface area contributed by atoms with Crippen molar-refractivity contribution < 1.29 is 8.78 Å². The van der Waals surface area contributed by atoms with Gasteiger partial charge in [-0.05, 0) is 36.7 Å². The molecule has 20 heavy (non-hydrogen) atoms. The number of aromatic nitrogens is 2. The highest BCUT2D eigenvalue weighted by molar-refractivity contribution is 7.71. The molecule has 104 valence electrons. The second-order valence-electron chi connectivity index (χ2n) is 4.71. The molecule has 2 nitrogen and oxygen atoms in total. The van der Waals surface area contributed by atoms with Gasteiger partial charge in [0.25, 0.3) is 0 Å². The van der Waals surface area contributed by atoms with Gasteiger partial charge in [-0.3, -0.25) is 0 Å². The van der Waals surface area contributed by atoms with Crippen LogP contribution in [0, 0.1) is 16.4 Å². The molecule has 0 saturated heterocycles. The molecule has 0 aliphatic heterocycles. The van der Waals surface area contributed by atoms with Crippen molar-refractivity contribution in [3.05, 3.63) is 50.9 Å². The van der Waals surface area contributed by atoms with Crippen LogP contribution in [-0.4, -0.2) is 9.55 Å². The number of rotatable bonds is 3. The monoisotopic (exact) mass is 310 g/mol. The van der Waals surface area contributed by atoms with Crippen LogP contribution in [0.5, 0.6) is 0 Å². The lowest BCUT2D eigenvalue weighted by Gasteiger charge is -2.13. The fourth-order valence-corrected chi connectivity index (χ4v) is 3.61. The van der Waals surface area contributed by atoms with Crippen LogP contribution in [0.1, 0.15) is 17.8 Å². The topological polar surface area (TPSA) is 20.7 Å². The van der Waals surface area contributed by atoms with Crippen molar-refractivity contribution >= 4 is 34.6 Å². The van der Waals surface area contributed by atoms with E-state index in [1.807, 2.05) is 24.4 Å². The second kappa shape index (κ2) is 5.10. The number of thiophene rings is 1. The molecule has 0 radical (unpaired) electrons. The zero-order valence-corrected chi connectivity index (χ0v) is 12.3. The van der Waals surface area contributed by atoms with Gasteiger partial charge in [-0.1, -0.05) is 6.07 Å². The molecular weight excluding hydrogens is 298 g/mol. The molecule has 2 aromatic heterocycles. The molecule has 0 saturated carbocycles. The summed E-state index contributed by atoms with van der Waals surface area (Å²) in [6.45, 7) is 1.99. The van der Waals surface area contributed by atoms with Crippen LogP contribution in [0.3, 0.4) is 0 Å². The van der Waals surface area contributed by atoms with Crippen LogP contribution in [0.2, 0.25) is 0 Å². The van der Waals surface area contributed by atoms with E-state index in [0.717, 1.165) is 12.5 Å². The fraction of sp³-hybridized carbons (Fsp3) is 0.214. The van der Waals surface area contributed by atoms with E-state index in [4.69, 9.17) is 12.2 Å². The van der Waals surface area contributed by atoms with Gasteiger partial charge in [0.2, 0.25) is 0 Å². The van der Waals surface area contributed by atoms with E-state index >= 15 is 0 Å². The third-order valence-electron chi connectivity index (χ3n) is 3.26. The largest absolute Gasteiger partial charge is 0.328 e. The molecular formula is C14H12F2N2S2. The predicted octanol–water partition coefficient (Wildman–Crippen LogP) is 4.84. The van der Waals surface area contributed by atoms with E-state index in [1.165, 1.54) is 10.9 Å². The van der Waals surface area contributed by atoms with E-state index in [0.29, 0.717) is 10.3 Å². The molecule has 0 aliphatic carbocycles. The highest BCUT2D eigenvalue weighted by Gasteiger charge is 2.15. The van der Waals surface area contributed by atoms with Gasteiger partial charge in [-0.2, -0.15) is 0 Å². The van der Waals surface area contributed by atoms with Gasteiger partial charge >= 0.3 is 0 Å². The van der Waals surface area contributed by atoms with E-state index < -0.39 is 11.6 Å². The van der Waals surface area contributed by atoms with Crippen LogP contribution in [0.4, 0.5) is 8.78 Å². The number of aromatic amines is 1. The minimum Gasteiger partial charge on any atom is -0.328 e. The molecule has 1 aromatic carbocycles. The minimum absolute atomic E-state index is 0.0242. The zero-order chi connectivity index (χ0) is 14.3. The van der Waals surface area contributed by atoms with Crippen LogP contribution in [0.25, 0.3) is 11.0 Å². The minimum atomic E-state index is -0.617. The van der Waals surface area contributed by atoms with Gasteiger partial charge in [0.05, 0.1) is 5.52 Å². The van der Waals surface area contributed by atoms with Crippen molar-refractivity contribution in [2.24, 2.45) is 0 Å². The Hall–Kier alpha value is -1.53. The average molecular weight is 310 g/mol. The summed E-state index contributed by atoms with van der Waals surface area (Å²) in [4.78, 5) is 4.04. The first-order valence-corrected chi connectivity index (χ1v) is 7.46. The highest BCUT2D eigenvalue weighted by atomic mass is 32.1. The number of hydrogen-bond acceptors (Lipinski definition) is 2. The molecule has 6 heteroatoms. The number of halogens is 2. The Labute approximate surface area is 123 Å². The lowest BCUT2D eigenvalue weighted by molar-refractivity contribution is 0.554. The Balaban J connectivity index is 2.11. The number of fused-ring (bicyclic) bond motifs is 1. The summed E-state index contributed by atoms with van der Waals surface area (Å²) in [6.07, 6.45) is 0.775. The maximum absolute atomic E-state index is 13.8. The first kappa shape index (κ1) is 13.5. The lowest BCUT2D eigenvalue weighted by Crippen LogP contribution is -2.07. The van der Waals surface area contributed by atoms with Crippen LogP contribution < -0.4 is 0 Å². The molecule has 0 fully saturated rings. The summed E-state index contributed by atoms with van der Waals surface area (Å²) in [5.74, 6) is -1.21. The molecule has 0 aliphatic rings. The molecule has 2 heterocycles. The van der Waals surface area contributed by atoms with Gasteiger partial charge in [0, 0.05) is 23.4 Å². The first-order chi connectivity index (χ1) is 9.56. The fourth-order valence-electron chi connectivity index (χ4n) is 2.40. The normalized spacial score (nSPS) is 12.9. The van der Waals surface area contributed by atoms with Gasteiger partial charge < -0.3 is 9.55 Å². The summed E-state index contributed by atoms with van der Waals surface area (Å²) in [5.41, 5.74) is 0.728. The van der Waals surface area contributed by atoms with E-state index in [-0.39, 0.29) is 11.6 Å². The van der Waals surface area contributed by atoms with Crippen molar-refractivity contribution in [1.29, 1.82) is 0 Å². The lowest BCUT2D eigenvalue weighted by atomic mass is 10.2. The Kier molecular flexibility index (Phi) is 3.43. The number of hydrogen-bond donors (Lipinski definition) is 1. The standard InChI is InChI=1S/C14H12F2N2S2/c1-8(5-10-3-2-4-20-10)18-12-7-9(15)6-11(16)13(12)17-14(18)19/h2-4,6-8H,5H2,1H3,(H,17,19). The Morgan fingerprint density at radius 2 is 2.20 bits per heavy atom. The molecule has 0 amide bonds. The Bertz CT molecular complexity index is 803. The first-order valence-electron chi connectivity index (χ1n) is 6.18. The van der Waals surface area contributed by atoms with Gasteiger partial charge in [-0.25, -0.2) is 8.78 Å². The van der Waals surface area contributed by atoms with Crippen LogP contribution in [0.15, 0.2) is 29.6 Å². The van der Waals surface area contributed by atoms with E-state index in [2.05, 4.69) is 4.98 Å². The zero-order valence-electron chi connectivity index (χ0n) is 10.7. The summed E-state index contributed by atoms with van der Waals surface area (Å²) in [6, 6.07) is 6.23. The van der Waals surface area contributed by atoms with Gasteiger partial charge in [-0.15, -0.1) is 11.3 Å². The molecule has 3 aromatic rings. The summed E-state index contributed by atoms with van der Waals surface area (Å²) in [5, 5.41) is 2.01. The Morgan fingerprint density at radius 1 is 1.40 bits per heavy atom. The Morgan fingerprint density at radius 3 is 2.90 bits per heavy atom. The third kappa shape index (κ3) is 2.29. The highest BCUT2D eigenvalue weighted by Crippen LogP contribution is 2.25. The van der Waals surface area contributed by atoms with Crippen LogP contribution >= 0.6 is 23.6 Å². The van der Waals surface area contributed by atoms with Gasteiger partial charge in [0.15, 0.2) is 10.6 Å². The van der Waals surface area contributed by atoms with E-state index in [1.54, 1.807) is 15.9 Å². The summed E-state index contributed by atoms with van der Waals surface area (Å²) < 4.78 is 29.4.